The molecule has 0 aliphatic carbocycles. The summed E-state index contributed by atoms with van der Waals surface area (Å²) in [6.45, 7) is 3.66. The van der Waals surface area contributed by atoms with Crippen LogP contribution in [0.2, 0.25) is 0 Å². The van der Waals surface area contributed by atoms with Gasteiger partial charge in [-0.1, -0.05) is 12.1 Å². The number of aryl methyl sites for hydroxylation is 2. The van der Waals surface area contributed by atoms with Crippen molar-refractivity contribution in [2.75, 3.05) is 5.73 Å². The molecular weight excluding hydrogens is 228 g/mol. The van der Waals surface area contributed by atoms with Crippen LogP contribution in [0, 0.1) is 25.2 Å². The van der Waals surface area contributed by atoms with E-state index in [2.05, 4.69) is 9.97 Å². The second-order valence-electron chi connectivity index (χ2n) is 3.88. The van der Waals surface area contributed by atoms with Gasteiger partial charge in [-0.25, -0.2) is 4.98 Å². The molecule has 0 unspecified atom stereocenters. The molecule has 1 heterocycles. The Kier molecular flexibility index (Phi) is 3.11. The summed E-state index contributed by atoms with van der Waals surface area (Å²) in [5.41, 5.74) is 8.29. The number of nitriles is 1. The number of nitrogens with two attached hydrogens (primary N) is 1. The number of nitrogens with zero attached hydrogens (tertiary/aromatic N) is 3. The van der Waals surface area contributed by atoms with Crippen molar-refractivity contribution in [3.63, 3.8) is 0 Å². The van der Waals surface area contributed by atoms with Crippen LogP contribution in [0.4, 0.5) is 5.69 Å². The van der Waals surface area contributed by atoms with E-state index < -0.39 is 0 Å². The highest BCUT2D eigenvalue weighted by molar-refractivity contribution is 5.58. The molecule has 0 amide bonds. The van der Waals surface area contributed by atoms with Gasteiger partial charge in [0.2, 0.25) is 0 Å². The SMILES string of the molecule is Cc1cc(C#N)nc(Oc2cccc(C)c2N)n1. The van der Waals surface area contributed by atoms with Crippen LogP contribution < -0.4 is 10.5 Å². The Morgan fingerprint density at radius 2 is 2.06 bits per heavy atom. The molecule has 0 saturated carbocycles. The molecule has 2 N–H and O–H groups in total. The van der Waals surface area contributed by atoms with Gasteiger partial charge in [0, 0.05) is 5.69 Å². The summed E-state index contributed by atoms with van der Waals surface area (Å²) in [5, 5.41) is 8.83. The number of benzene rings is 1. The Labute approximate surface area is 105 Å². The van der Waals surface area contributed by atoms with Crippen molar-refractivity contribution in [1.82, 2.24) is 9.97 Å². The number of nitrogen functional groups attached to an aromatic ring is 1. The molecule has 0 radical (unpaired) electrons. The number of aromatic nitrogens is 2. The monoisotopic (exact) mass is 240 g/mol. The van der Waals surface area contributed by atoms with Crippen molar-refractivity contribution >= 4 is 5.69 Å². The lowest BCUT2D eigenvalue weighted by molar-refractivity contribution is 0.441. The molecule has 90 valence electrons. The van der Waals surface area contributed by atoms with Crippen molar-refractivity contribution in [2.24, 2.45) is 0 Å². The average molecular weight is 240 g/mol. The molecule has 0 atom stereocenters. The van der Waals surface area contributed by atoms with Crippen LogP contribution in [0.1, 0.15) is 17.0 Å². The van der Waals surface area contributed by atoms with E-state index in [0.717, 1.165) is 5.56 Å². The predicted octanol–water partition coefficient (Wildman–Crippen LogP) is 2.34. The van der Waals surface area contributed by atoms with E-state index in [1.165, 1.54) is 0 Å². The van der Waals surface area contributed by atoms with E-state index in [4.69, 9.17) is 15.7 Å². The number of rotatable bonds is 2. The molecule has 0 bridgehead atoms. The van der Waals surface area contributed by atoms with Crippen LogP contribution in [-0.4, -0.2) is 9.97 Å². The predicted molar refractivity (Wildman–Crippen MR) is 67.1 cm³/mol. The standard InChI is InChI=1S/C13H12N4O/c1-8-4-3-5-11(12(8)15)18-13-16-9(2)6-10(7-14)17-13/h3-6H,15H2,1-2H3. The van der Waals surface area contributed by atoms with Crippen molar-refractivity contribution < 1.29 is 4.74 Å². The van der Waals surface area contributed by atoms with Crippen LogP contribution in [-0.2, 0) is 0 Å². The van der Waals surface area contributed by atoms with Crippen molar-refractivity contribution in [3.05, 3.63) is 41.2 Å². The average Bonchev–Trinajstić information content (AvgIpc) is 2.34. The maximum atomic E-state index is 8.83. The van der Waals surface area contributed by atoms with Gasteiger partial charge in [-0.05, 0) is 31.5 Å². The first-order chi connectivity index (χ1) is 8.60. The second-order valence-corrected chi connectivity index (χ2v) is 3.88. The van der Waals surface area contributed by atoms with E-state index >= 15 is 0 Å². The van der Waals surface area contributed by atoms with E-state index in [9.17, 15) is 0 Å². The largest absolute Gasteiger partial charge is 0.422 e. The van der Waals surface area contributed by atoms with Gasteiger partial charge in [0.05, 0.1) is 5.69 Å². The summed E-state index contributed by atoms with van der Waals surface area (Å²) in [6.07, 6.45) is 0. The third kappa shape index (κ3) is 2.38. The molecule has 0 aliphatic heterocycles. The first-order valence-corrected chi connectivity index (χ1v) is 5.39. The van der Waals surface area contributed by atoms with Crippen LogP contribution in [0.3, 0.4) is 0 Å². The quantitative estimate of drug-likeness (QED) is 0.814. The Bertz CT molecular complexity index is 631. The first-order valence-electron chi connectivity index (χ1n) is 5.39. The van der Waals surface area contributed by atoms with E-state index in [1.807, 2.05) is 25.1 Å². The highest BCUT2D eigenvalue weighted by Gasteiger charge is 2.08. The van der Waals surface area contributed by atoms with Crippen LogP contribution in [0.15, 0.2) is 24.3 Å². The van der Waals surface area contributed by atoms with Gasteiger partial charge in [0.25, 0.3) is 0 Å². The highest BCUT2D eigenvalue weighted by Crippen LogP contribution is 2.27. The number of hydrogen-bond donors (Lipinski definition) is 1. The summed E-state index contributed by atoms with van der Waals surface area (Å²) in [4.78, 5) is 8.08. The Morgan fingerprint density at radius 1 is 1.28 bits per heavy atom. The van der Waals surface area contributed by atoms with Crippen molar-refractivity contribution in [1.29, 1.82) is 5.26 Å². The number of ether oxygens (including phenoxy) is 1. The summed E-state index contributed by atoms with van der Waals surface area (Å²) >= 11 is 0. The summed E-state index contributed by atoms with van der Waals surface area (Å²) in [6, 6.07) is 9.14. The van der Waals surface area contributed by atoms with Crippen molar-refractivity contribution in [2.45, 2.75) is 13.8 Å². The third-order valence-corrected chi connectivity index (χ3v) is 2.43. The fourth-order valence-corrected chi connectivity index (χ4v) is 1.49. The Morgan fingerprint density at radius 3 is 2.78 bits per heavy atom. The molecule has 2 rings (SSSR count). The molecule has 2 aromatic rings. The van der Waals surface area contributed by atoms with Gasteiger partial charge in [-0.3, -0.25) is 0 Å². The maximum Gasteiger partial charge on any atom is 0.323 e. The molecular formula is C13H12N4O. The molecule has 0 spiro atoms. The fraction of sp³-hybridized carbons (Fsp3) is 0.154. The minimum absolute atomic E-state index is 0.129. The number of anilines is 1. The molecule has 0 fully saturated rings. The summed E-state index contributed by atoms with van der Waals surface area (Å²) < 4.78 is 5.51. The van der Waals surface area contributed by atoms with E-state index in [-0.39, 0.29) is 11.7 Å². The van der Waals surface area contributed by atoms with Gasteiger partial charge >= 0.3 is 6.01 Å². The minimum atomic E-state index is 0.129. The lowest BCUT2D eigenvalue weighted by atomic mass is 10.2. The van der Waals surface area contributed by atoms with Gasteiger partial charge < -0.3 is 10.5 Å². The normalized spacial score (nSPS) is 9.83. The Hall–Kier alpha value is -2.61. The van der Waals surface area contributed by atoms with Gasteiger partial charge in [0.15, 0.2) is 5.75 Å². The molecule has 0 saturated heterocycles. The lowest BCUT2D eigenvalue weighted by Gasteiger charge is -2.08. The van der Waals surface area contributed by atoms with Gasteiger partial charge in [-0.15, -0.1) is 0 Å². The second kappa shape index (κ2) is 4.72. The topological polar surface area (TPSA) is 84.8 Å². The molecule has 5 heteroatoms. The first kappa shape index (κ1) is 11.9. The zero-order chi connectivity index (χ0) is 13.1. The van der Waals surface area contributed by atoms with E-state index in [0.29, 0.717) is 17.1 Å². The molecule has 1 aromatic carbocycles. The lowest BCUT2D eigenvalue weighted by Crippen LogP contribution is -1.99. The molecule has 1 aromatic heterocycles. The highest BCUT2D eigenvalue weighted by atomic mass is 16.5. The van der Waals surface area contributed by atoms with Crippen molar-refractivity contribution in [3.8, 4) is 17.8 Å². The molecule has 0 aliphatic rings. The fourth-order valence-electron chi connectivity index (χ4n) is 1.49. The van der Waals surface area contributed by atoms with Gasteiger partial charge in [0.1, 0.15) is 11.8 Å². The zero-order valence-electron chi connectivity index (χ0n) is 10.1. The number of hydrogen-bond acceptors (Lipinski definition) is 5. The maximum absolute atomic E-state index is 8.83. The van der Waals surface area contributed by atoms with E-state index in [1.54, 1.807) is 19.1 Å². The molecule has 5 nitrogen and oxygen atoms in total. The summed E-state index contributed by atoms with van der Waals surface area (Å²) in [5.74, 6) is 0.490. The van der Waals surface area contributed by atoms with Crippen LogP contribution in [0.25, 0.3) is 0 Å². The van der Waals surface area contributed by atoms with Crippen LogP contribution in [0.5, 0.6) is 11.8 Å². The smallest absolute Gasteiger partial charge is 0.323 e. The van der Waals surface area contributed by atoms with Crippen LogP contribution >= 0.6 is 0 Å². The Balaban J connectivity index is 2.37. The number of para-hydroxylation sites is 1. The molecule has 18 heavy (non-hydrogen) atoms. The summed E-state index contributed by atoms with van der Waals surface area (Å²) in [7, 11) is 0. The van der Waals surface area contributed by atoms with Gasteiger partial charge in [-0.2, -0.15) is 10.2 Å². The third-order valence-electron chi connectivity index (χ3n) is 2.43. The minimum Gasteiger partial charge on any atom is -0.422 e. The zero-order valence-corrected chi connectivity index (χ0v) is 10.1.